The predicted molar refractivity (Wildman–Crippen MR) is 82.4 cm³/mol. The van der Waals surface area contributed by atoms with Crippen molar-refractivity contribution < 1.29 is 18.1 Å². The van der Waals surface area contributed by atoms with Crippen LogP contribution in [0.2, 0.25) is 0 Å². The highest BCUT2D eigenvalue weighted by atomic mass is 28.4. The van der Waals surface area contributed by atoms with Crippen LogP contribution >= 0.6 is 0 Å². The molecule has 0 aliphatic rings. The van der Waals surface area contributed by atoms with Gasteiger partial charge < -0.3 is 18.2 Å². The summed E-state index contributed by atoms with van der Waals surface area (Å²) in [7, 11) is -1.11. The molecule has 0 fully saturated rings. The number of rotatable bonds is 11. The second-order valence-electron chi connectivity index (χ2n) is 4.95. The fourth-order valence-corrected chi connectivity index (χ4v) is 4.83. The lowest BCUT2D eigenvalue weighted by molar-refractivity contribution is -0.129. The Morgan fingerprint density at radius 1 is 1.00 bits per heavy atom. The van der Waals surface area contributed by atoms with Gasteiger partial charge in [0.05, 0.1) is 5.67 Å². The van der Waals surface area contributed by atoms with E-state index in [-0.39, 0.29) is 11.6 Å². The van der Waals surface area contributed by atoms with Gasteiger partial charge in [-0.3, -0.25) is 4.79 Å². The van der Waals surface area contributed by atoms with Crippen molar-refractivity contribution in [3.05, 3.63) is 0 Å². The summed E-state index contributed by atoms with van der Waals surface area (Å²) in [6, 6.07) is 0. The van der Waals surface area contributed by atoms with Gasteiger partial charge in [-0.25, -0.2) is 0 Å². The highest BCUT2D eigenvalue weighted by molar-refractivity contribution is 6.62. The molecule has 20 heavy (non-hydrogen) atoms. The Hall–Kier alpha value is -0.433. The molecule has 0 aromatic carbocycles. The van der Waals surface area contributed by atoms with Crippen molar-refractivity contribution in [3.8, 4) is 0 Å². The van der Waals surface area contributed by atoms with Crippen LogP contribution in [-0.2, 0) is 18.1 Å². The molecule has 0 radical (unpaired) electrons. The Labute approximate surface area is 124 Å². The normalized spacial score (nSPS) is 13.3. The van der Waals surface area contributed by atoms with Crippen LogP contribution in [0.3, 0.4) is 0 Å². The van der Waals surface area contributed by atoms with E-state index in [1.165, 1.54) is 0 Å². The zero-order valence-corrected chi connectivity index (χ0v) is 14.9. The first-order chi connectivity index (χ1) is 9.45. The highest BCUT2D eigenvalue weighted by Gasteiger charge is 2.50. The van der Waals surface area contributed by atoms with Crippen molar-refractivity contribution in [2.24, 2.45) is 0 Å². The molecule has 0 rings (SSSR count). The molecule has 0 aliphatic heterocycles. The summed E-state index contributed by atoms with van der Waals surface area (Å²) in [6.07, 6.45) is 2.70. The molecule has 0 N–H and O–H groups in total. The highest BCUT2D eigenvalue weighted by Crippen LogP contribution is 2.20. The molecular weight excluding hydrogens is 274 g/mol. The minimum absolute atomic E-state index is 0.00493. The third-order valence-electron chi connectivity index (χ3n) is 3.11. The summed E-state index contributed by atoms with van der Waals surface area (Å²) in [5.41, 5.74) is -0.176. The summed E-state index contributed by atoms with van der Waals surface area (Å²) in [5.74, 6) is -0.00493. The number of nitrogens with zero attached hydrogens (tertiary/aromatic N) is 1. The first-order valence-electron chi connectivity index (χ1n) is 7.60. The molecule has 0 aliphatic carbocycles. The van der Waals surface area contributed by atoms with Gasteiger partial charge in [0.25, 0.3) is 0 Å². The second kappa shape index (κ2) is 10.3. The molecule has 1 amide bonds. The van der Waals surface area contributed by atoms with E-state index in [1.807, 2.05) is 6.92 Å². The number of hydrogen-bond donors (Lipinski definition) is 0. The quantitative estimate of drug-likeness (QED) is 0.551. The minimum Gasteiger partial charge on any atom is -0.372 e. The largest absolute Gasteiger partial charge is 0.524 e. The van der Waals surface area contributed by atoms with E-state index in [4.69, 9.17) is 13.3 Å². The fraction of sp³-hybridized carbons (Fsp3) is 0.929. The van der Waals surface area contributed by atoms with E-state index in [0.29, 0.717) is 19.8 Å². The molecule has 0 bridgehead atoms. The van der Waals surface area contributed by atoms with E-state index in [0.717, 1.165) is 19.3 Å². The van der Waals surface area contributed by atoms with Gasteiger partial charge in [-0.2, -0.15) is 0 Å². The number of carbonyl (C=O) groups excluding carboxylic acids is 1. The van der Waals surface area contributed by atoms with Crippen molar-refractivity contribution in [1.82, 2.24) is 4.90 Å². The van der Waals surface area contributed by atoms with Crippen molar-refractivity contribution in [2.75, 3.05) is 26.9 Å². The van der Waals surface area contributed by atoms with Crippen LogP contribution in [-0.4, -0.2) is 52.1 Å². The van der Waals surface area contributed by atoms with E-state index < -0.39 is 8.80 Å². The molecule has 0 heterocycles. The lowest BCUT2D eigenvalue weighted by Crippen LogP contribution is -2.62. The summed E-state index contributed by atoms with van der Waals surface area (Å²) in [6.45, 7) is 11.4. The Morgan fingerprint density at radius 3 is 1.60 bits per heavy atom. The van der Waals surface area contributed by atoms with Gasteiger partial charge in [-0.05, 0) is 26.2 Å². The van der Waals surface area contributed by atoms with Crippen molar-refractivity contribution in [2.45, 2.75) is 59.5 Å². The van der Waals surface area contributed by atoms with Crippen molar-refractivity contribution in [3.63, 3.8) is 0 Å². The van der Waals surface area contributed by atoms with Crippen LogP contribution in [0, 0.1) is 0 Å². The van der Waals surface area contributed by atoms with Gasteiger partial charge in [0.1, 0.15) is 0 Å². The summed E-state index contributed by atoms with van der Waals surface area (Å²) in [4.78, 5) is 13.3. The zero-order valence-electron chi connectivity index (χ0n) is 13.9. The molecule has 0 saturated heterocycles. The average molecular weight is 305 g/mol. The maximum absolute atomic E-state index is 11.6. The van der Waals surface area contributed by atoms with Crippen LogP contribution in [0.15, 0.2) is 0 Å². The van der Waals surface area contributed by atoms with Gasteiger partial charge in [-0.1, -0.05) is 20.8 Å². The van der Waals surface area contributed by atoms with Crippen LogP contribution in [0.25, 0.3) is 0 Å². The summed E-state index contributed by atoms with van der Waals surface area (Å²) < 4.78 is 18.1. The molecule has 0 spiro atoms. The lowest BCUT2D eigenvalue weighted by atomic mass is 10.5. The monoisotopic (exact) mass is 305 g/mol. The SMILES string of the molecule is CCCO[Si](OCCC)(OCCC)C(C)N(C)C(C)=O. The standard InChI is InChI=1S/C14H31NO4Si/c1-7-10-17-20(18-11-8-2,19-12-9-3)14(5)15(6)13(4)16/h14H,7-12H2,1-6H3. The molecule has 5 nitrogen and oxygen atoms in total. The molecule has 120 valence electrons. The maximum atomic E-state index is 11.6. The molecule has 6 heteroatoms. The molecule has 1 unspecified atom stereocenters. The second-order valence-corrected chi connectivity index (χ2v) is 7.86. The molecule has 0 aromatic heterocycles. The predicted octanol–water partition coefficient (Wildman–Crippen LogP) is 2.61. The number of amides is 1. The maximum Gasteiger partial charge on any atom is 0.524 e. The first kappa shape index (κ1) is 19.6. The van der Waals surface area contributed by atoms with Gasteiger partial charge >= 0.3 is 8.80 Å². The van der Waals surface area contributed by atoms with Gasteiger partial charge in [0.15, 0.2) is 0 Å². The Balaban J connectivity index is 5.14. The van der Waals surface area contributed by atoms with Crippen molar-refractivity contribution in [1.29, 1.82) is 0 Å². The van der Waals surface area contributed by atoms with E-state index in [9.17, 15) is 4.79 Å². The van der Waals surface area contributed by atoms with E-state index >= 15 is 0 Å². The van der Waals surface area contributed by atoms with Crippen molar-refractivity contribution >= 4 is 14.7 Å². The number of hydrogen-bond acceptors (Lipinski definition) is 4. The van der Waals surface area contributed by atoms with Gasteiger partial charge in [0, 0.05) is 33.8 Å². The molecular formula is C14H31NO4Si. The summed E-state index contributed by atoms with van der Waals surface area (Å²) in [5, 5.41) is 0. The van der Waals surface area contributed by atoms with Gasteiger partial charge in [0.2, 0.25) is 5.91 Å². The zero-order chi connectivity index (χ0) is 15.6. The molecule has 1 atom stereocenters. The Morgan fingerprint density at radius 2 is 1.35 bits per heavy atom. The third kappa shape index (κ3) is 5.91. The lowest BCUT2D eigenvalue weighted by Gasteiger charge is -2.38. The number of carbonyl (C=O) groups is 1. The Bertz CT molecular complexity index is 254. The fourth-order valence-electron chi connectivity index (χ4n) is 1.73. The topological polar surface area (TPSA) is 48.0 Å². The smallest absolute Gasteiger partial charge is 0.372 e. The Kier molecular flexibility index (Phi) is 10.1. The molecule has 0 aromatic rings. The van der Waals surface area contributed by atoms with Crippen LogP contribution in [0.5, 0.6) is 0 Å². The first-order valence-corrected chi connectivity index (χ1v) is 9.40. The van der Waals surface area contributed by atoms with Crippen LogP contribution in [0.4, 0.5) is 0 Å². The van der Waals surface area contributed by atoms with E-state index in [1.54, 1.807) is 18.9 Å². The van der Waals surface area contributed by atoms with E-state index in [2.05, 4.69) is 20.8 Å². The van der Waals surface area contributed by atoms with Crippen LogP contribution < -0.4 is 0 Å². The van der Waals surface area contributed by atoms with Gasteiger partial charge in [-0.15, -0.1) is 0 Å². The van der Waals surface area contributed by atoms with Crippen LogP contribution in [0.1, 0.15) is 53.9 Å². The minimum atomic E-state index is -2.88. The summed E-state index contributed by atoms with van der Waals surface area (Å²) >= 11 is 0. The average Bonchev–Trinajstić information content (AvgIpc) is 2.45. The third-order valence-corrected chi connectivity index (χ3v) is 6.34. The molecule has 0 saturated carbocycles.